The molecule has 0 atom stereocenters. The molecule has 148 valence electrons. The van der Waals surface area contributed by atoms with Gasteiger partial charge in [-0.3, -0.25) is 0 Å². The summed E-state index contributed by atoms with van der Waals surface area (Å²) >= 11 is 6.25. The number of methoxy groups -OCH3 is 1. The highest BCUT2D eigenvalue weighted by molar-refractivity contribution is 7.89. The van der Waals surface area contributed by atoms with Crippen LogP contribution in [0.25, 0.3) is 6.08 Å². The van der Waals surface area contributed by atoms with Crippen LogP contribution in [0, 0.1) is 0 Å². The van der Waals surface area contributed by atoms with Gasteiger partial charge in [0.1, 0.15) is 0 Å². The topological polar surface area (TPSA) is 66.9 Å². The second kappa shape index (κ2) is 8.77. The fraction of sp³-hybridized carbons (Fsp3) is 0.250. The molecule has 6 nitrogen and oxygen atoms in total. The number of ether oxygens (including phenoxy) is 1. The van der Waals surface area contributed by atoms with Crippen LogP contribution in [0.3, 0.4) is 0 Å². The van der Waals surface area contributed by atoms with E-state index < -0.39 is 16.0 Å². The summed E-state index contributed by atoms with van der Waals surface area (Å²) in [5.74, 6) is -0.496. The molecule has 2 aromatic carbocycles. The Morgan fingerprint density at radius 1 is 1.07 bits per heavy atom. The number of sulfonamides is 1. The molecule has 1 heterocycles. The van der Waals surface area contributed by atoms with Crippen molar-refractivity contribution in [1.29, 1.82) is 0 Å². The molecule has 1 aliphatic heterocycles. The number of carbonyl (C=O) groups is 1. The Morgan fingerprint density at radius 3 is 2.46 bits per heavy atom. The van der Waals surface area contributed by atoms with Gasteiger partial charge in [0.15, 0.2) is 0 Å². The zero-order valence-electron chi connectivity index (χ0n) is 15.4. The molecular formula is C20H21ClN2O4S. The van der Waals surface area contributed by atoms with Crippen LogP contribution >= 0.6 is 11.6 Å². The Kier molecular flexibility index (Phi) is 6.39. The molecule has 3 rings (SSSR count). The molecule has 0 N–H and O–H groups in total. The van der Waals surface area contributed by atoms with E-state index in [4.69, 9.17) is 11.6 Å². The van der Waals surface area contributed by atoms with E-state index in [2.05, 4.69) is 9.64 Å². The highest BCUT2D eigenvalue weighted by Crippen LogP contribution is 2.27. The zero-order chi connectivity index (χ0) is 20.1. The lowest BCUT2D eigenvalue weighted by Crippen LogP contribution is -2.48. The second-order valence-corrected chi connectivity index (χ2v) is 8.62. The molecule has 0 amide bonds. The highest BCUT2D eigenvalue weighted by atomic mass is 35.5. The lowest BCUT2D eigenvalue weighted by atomic mass is 10.2. The van der Waals surface area contributed by atoms with Crippen LogP contribution in [0.2, 0.25) is 5.02 Å². The van der Waals surface area contributed by atoms with E-state index >= 15 is 0 Å². The lowest BCUT2D eigenvalue weighted by molar-refractivity contribution is -0.134. The summed E-state index contributed by atoms with van der Waals surface area (Å²) in [4.78, 5) is 13.5. The van der Waals surface area contributed by atoms with Crippen molar-refractivity contribution in [3.05, 3.63) is 65.2 Å². The number of carbonyl (C=O) groups excluding carboxylic acids is 1. The number of piperazine rings is 1. The summed E-state index contributed by atoms with van der Waals surface area (Å²) in [5, 5.41) is 0.656. The largest absolute Gasteiger partial charge is 0.466 e. The van der Waals surface area contributed by atoms with Gasteiger partial charge < -0.3 is 9.64 Å². The Labute approximate surface area is 170 Å². The van der Waals surface area contributed by atoms with Crippen LogP contribution < -0.4 is 4.90 Å². The first-order valence-electron chi connectivity index (χ1n) is 8.77. The molecular weight excluding hydrogens is 400 g/mol. The molecule has 0 saturated carbocycles. The van der Waals surface area contributed by atoms with Gasteiger partial charge in [0, 0.05) is 32.3 Å². The van der Waals surface area contributed by atoms with Gasteiger partial charge in [-0.05, 0) is 35.9 Å². The van der Waals surface area contributed by atoms with Crippen molar-refractivity contribution in [3.63, 3.8) is 0 Å². The van der Waals surface area contributed by atoms with Crippen LogP contribution in [0.15, 0.2) is 59.5 Å². The van der Waals surface area contributed by atoms with Crippen LogP contribution in [-0.4, -0.2) is 52.0 Å². The van der Waals surface area contributed by atoms with Crippen molar-refractivity contribution in [2.24, 2.45) is 0 Å². The summed E-state index contributed by atoms with van der Waals surface area (Å²) in [6, 6.07) is 14.0. The van der Waals surface area contributed by atoms with Gasteiger partial charge in [0.2, 0.25) is 10.0 Å². The van der Waals surface area contributed by atoms with E-state index in [1.165, 1.54) is 23.6 Å². The number of nitrogens with zero attached hydrogens (tertiary/aromatic N) is 2. The number of halogens is 1. The molecule has 28 heavy (non-hydrogen) atoms. The van der Waals surface area contributed by atoms with E-state index in [1.807, 2.05) is 24.3 Å². The van der Waals surface area contributed by atoms with Gasteiger partial charge in [-0.15, -0.1) is 0 Å². The maximum absolute atomic E-state index is 13.0. The minimum atomic E-state index is -3.62. The fourth-order valence-corrected chi connectivity index (χ4v) is 4.77. The van der Waals surface area contributed by atoms with Crippen molar-refractivity contribution in [3.8, 4) is 0 Å². The molecule has 0 unspecified atom stereocenters. The van der Waals surface area contributed by atoms with Crippen molar-refractivity contribution in [2.75, 3.05) is 38.2 Å². The number of benzene rings is 2. The first kappa shape index (κ1) is 20.4. The highest BCUT2D eigenvalue weighted by Gasteiger charge is 2.29. The van der Waals surface area contributed by atoms with Gasteiger partial charge in [-0.25, -0.2) is 13.2 Å². The van der Waals surface area contributed by atoms with Crippen LogP contribution in [-0.2, 0) is 19.6 Å². The first-order chi connectivity index (χ1) is 13.4. The number of hydrogen-bond donors (Lipinski definition) is 0. The van der Waals surface area contributed by atoms with E-state index in [0.29, 0.717) is 36.8 Å². The Hall–Kier alpha value is -2.35. The Morgan fingerprint density at radius 2 is 1.79 bits per heavy atom. The summed E-state index contributed by atoms with van der Waals surface area (Å²) in [7, 11) is -2.33. The maximum atomic E-state index is 13.0. The third kappa shape index (κ3) is 4.55. The third-order valence-electron chi connectivity index (χ3n) is 4.54. The van der Waals surface area contributed by atoms with E-state index in [1.54, 1.807) is 24.3 Å². The molecule has 8 heteroatoms. The van der Waals surface area contributed by atoms with Gasteiger partial charge in [0.25, 0.3) is 0 Å². The Balaban J connectivity index is 1.73. The smallest absolute Gasteiger partial charge is 0.330 e. The number of hydrogen-bond acceptors (Lipinski definition) is 5. The van der Waals surface area contributed by atoms with Crippen molar-refractivity contribution in [1.82, 2.24) is 4.31 Å². The summed E-state index contributed by atoms with van der Waals surface area (Å²) in [6.07, 6.45) is 2.79. The number of para-hydroxylation sites is 1. The summed E-state index contributed by atoms with van der Waals surface area (Å²) < 4.78 is 32.0. The second-order valence-electron chi connectivity index (χ2n) is 6.27. The van der Waals surface area contributed by atoms with E-state index in [0.717, 1.165) is 5.69 Å². The fourth-order valence-electron chi connectivity index (χ4n) is 3.04. The average Bonchev–Trinajstić information content (AvgIpc) is 2.72. The molecule has 1 aliphatic rings. The van der Waals surface area contributed by atoms with Gasteiger partial charge in [-0.2, -0.15) is 4.31 Å². The summed E-state index contributed by atoms with van der Waals surface area (Å²) in [5.41, 5.74) is 1.53. The SMILES string of the molecule is COC(=O)/C=C/c1cccc(S(=O)(=O)N2CCN(c3ccccc3Cl)CC2)c1. The minimum absolute atomic E-state index is 0.200. The first-order valence-corrected chi connectivity index (χ1v) is 10.6. The van der Waals surface area contributed by atoms with Gasteiger partial charge >= 0.3 is 5.97 Å². The van der Waals surface area contributed by atoms with Crippen molar-refractivity contribution in [2.45, 2.75) is 4.90 Å². The molecule has 0 aromatic heterocycles. The third-order valence-corrected chi connectivity index (χ3v) is 6.75. The lowest BCUT2D eigenvalue weighted by Gasteiger charge is -2.35. The molecule has 0 aliphatic carbocycles. The van der Waals surface area contributed by atoms with E-state index in [9.17, 15) is 13.2 Å². The van der Waals surface area contributed by atoms with Crippen LogP contribution in [0.4, 0.5) is 5.69 Å². The number of anilines is 1. The number of esters is 1. The summed E-state index contributed by atoms with van der Waals surface area (Å²) in [6.45, 7) is 1.86. The molecule has 0 spiro atoms. The van der Waals surface area contributed by atoms with Crippen LogP contribution in [0.1, 0.15) is 5.56 Å². The molecule has 0 bridgehead atoms. The van der Waals surface area contributed by atoms with Crippen LogP contribution in [0.5, 0.6) is 0 Å². The quantitative estimate of drug-likeness (QED) is 0.549. The van der Waals surface area contributed by atoms with Gasteiger partial charge in [-0.1, -0.05) is 35.9 Å². The van der Waals surface area contributed by atoms with Gasteiger partial charge in [0.05, 0.1) is 22.7 Å². The van der Waals surface area contributed by atoms with E-state index in [-0.39, 0.29) is 4.90 Å². The minimum Gasteiger partial charge on any atom is -0.466 e. The zero-order valence-corrected chi connectivity index (χ0v) is 17.0. The Bertz CT molecular complexity index is 983. The monoisotopic (exact) mass is 420 g/mol. The molecule has 1 fully saturated rings. The normalized spacial score (nSPS) is 15.7. The predicted molar refractivity (Wildman–Crippen MR) is 110 cm³/mol. The maximum Gasteiger partial charge on any atom is 0.330 e. The predicted octanol–water partition coefficient (Wildman–Crippen LogP) is 3.04. The molecule has 2 aromatic rings. The molecule has 0 radical (unpaired) electrons. The number of rotatable bonds is 5. The average molecular weight is 421 g/mol. The molecule has 1 saturated heterocycles. The van der Waals surface area contributed by atoms with Crippen molar-refractivity contribution >= 4 is 39.4 Å². The standard InChI is InChI=1S/C20H21ClN2O4S/c1-27-20(24)10-9-16-5-4-6-17(15-16)28(25,26)23-13-11-22(12-14-23)19-8-3-2-7-18(19)21/h2-10,15H,11-14H2,1H3/b10-9+. The van der Waals surface area contributed by atoms with Crippen molar-refractivity contribution < 1.29 is 17.9 Å².